The highest BCUT2D eigenvalue weighted by molar-refractivity contribution is 5.78. The Hall–Kier alpha value is -1.10. The zero-order valence-corrected chi connectivity index (χ0v) is 5.36. The molecule has 0 aromatic rings. The molecule has 5 nitrogen and oxygen atoms in total. The molecule has 58 valence electrons. The molecule has 10 heavy (non-hydrogen) atoms. The van der Waals surface area contributed by atoms with E-state index in [-0.39, 0.29) is 0 Å². The molecule has 0 radical (unpaired) electrons. The summed E-state index contributed by atoms with van der Waals surface area (Å²) in [5, 5.41) is 18.2. The van der Waals surface area contributed by atoms with Crippen molar-refractivity contribution in [3.8, 4) is 0 Å². The van der Waals surface area contributed by atoms with E-state index in [4.69, 9.17) is 5.11 Å². The summed E-state index contributed by atoms with van der Waals surface area (Å²) in [5.41, 5.74) is 0. The number of hydrogen-bond donors (Lipinski definition) is 1. The molecule has 0 aromatic carbocycles. The van der Waals surface area contributed by atoms with E-state index in [0.717, 1.165) is 7.11 Å². The maximum Gasteiger partial charge on any atom is 0.308 e. The number of methoxy groups -OCH3 is 1. The summed E-state index contributed by atoms with van der Waals surface area (Å²) in [4.78, 5) is 20.0. The van der Waals surface area contributed by atoms with Gasteiger partial charge in [0.25, 0.3) is 0 Å². The second-order valence-electron chi connectivity index (χ2n) is 1.62. The van der Waals surface area contributed by atoms with Crippen molar-refractivity contribution in [2.75, 3.05) is 7.11 Å². The number of carbonyl (C=O) groups is 2. The quantitative estimate of drug-likeness (QED) is 0.452. The van der Waals surface area contributed by atoms with Crippen LogP contribution < -0.4 is 5.11 Å². The molecule has 1 atom stereocenters. The summed E-state index contributed by atoms with van der Waals surface area (Å²) in [6, 6.07) is 0. The number of carboxylic acid groups (broad SMARTS) is 1. The fraction of sp³-hybridized carbons (Fsp3) is 0.600. The van der Waals surface area contributed by atoms with Gasteiger partial charge in [-0.3, -0.25) is 4.79 Å². The van der Waals surface area contributed by atoms with Crippen LogP contribution >= 0.6 is 0 Å². The summed E-state index contributed by atoms with van der Waals surface area (Å²) in [6.07, 6.45) is -2.34. The first-order valence-electron chi connectivity index (χ1n) is 2.53. The molecule has 0 heterocycles. The molecule has 0 saturated carbocycles. The summed E-state index contributed by atoms with van der Waals surface area (Å²) in [6.45, 7) is 0. The second-order valence-corrected chi connectivity index (χ2v) is 1.62. The van der Waals surface area contributed by atoms with Gasteiger partial charge in [-0.2, -0.15) is 0 Å². The molecule has 5 heteroatoms. The molecule has 0 aliphatic heterocycles. The maximum atomic E-state index is 10.3. The van der Waals surface area contributed by atoms with Crippen LogP contribution in [-0.4, -0.2) is 30.3 Å². The number of aliphatic carboxylic acids is 1. The van der Waals surface area contributed by atoms with Crippen LogP contribution in [0.15, 0.2) is 0 Å². The number of aliphatic hydroxyl groups excluding tert-OH is 1. The van der Waals surface area contributed by atoms with E-state index in [9.17, 15) is 14.7 Å². The maximum absolute atomic E-state index is 10.3. The highest BCUT2D eigenvalue weighted by atomic mass is 16.5. The third kappa shape index (κ3) is 3.03. The normalized spacial score (nSPS) is 12.2. The standard InChI is InChI=1S/C5H8O5/c1-10-4(7)2-3(6)5(8)9/h3,6H,2H2,1H3,(H,8,9)/p-1. The Bertz CT molecular complexity index is 141. The minimum absolute atomic E-state index is 0.571. The van der Waals surface area contributed by atoms with Gasteiger partial charge in [0.15, 0.2) is 0 Å². The van der Waals surface area contributed by atoms with E-state index in [1.807, 2.05) is 0 Å². The average molecular weight is 147 g/mol. The molecule has 0 aliphatic carbocycles. The Morgan fingerprint density at radius 2 is 2.20 bits per heavy atom. The Balaban J connectivity index is 3.68. The lowest BCUT2D eigenvalue weighted by Gasteiger charge is -2.08. The Kier molecular flexibility index (Phi) is 3.42. The van der Waals surface area contributed by atoms with Crippen LogP contribution in [0.3, 0.4) is 0 Å². The summed E-state index contributed by atoms with van der Waals surface area (Å²) in [5.74, 6) is -2.46. The van der Waals surface area contributed by atoms with Gasteiger partial charge in [-0.1, -0.05) is 0 Å². The topological polar surface area (TPSA) is 86.7 Å². The van der Waals surface area contributed by atoms with Crippen molar-refractivity contribution in [1.29, 1.82) is 0 Å². The van der Waals surface area contributed by atoms with Crippen molar-refractivity contribution in [1.82, 2.24) is 0 Å². The minimum atomic E-state index is -1.77. The lowest BCUT2D eigenvalue weighted by Crippen LogP contribution is -2.37. The van der Waals surface area contributed by atoms with E-state index < -0.39 is 24.5 Å². The molecular formula is C5H7O5-. The molecule has 0 fully saturated rings. The smallest absolute Gasteiger partial charge is 0.308 e. The molecule has 1 unspecified atom stereocenters. The lowest BCUT2D eigenvalue weighted by atomic mass is 10.3. The molecule has 0 aliphatic rings. The van der Waals surface area contributed by atoms with Crippen LogP contribution in [0, 0.1) is 0 Å². The summed E-state index contributed by atoms with van der Waals surface area (Å²) >= 11 is 0. The summed E-state index contributed by atoms with van der Waals surface area (Å²) < 4.78 is 4.08. The molecular weight excluding hydrogens is 140 g/mol. The zero-order valence-electron chi connectivity index (χ0n) is 5.36. The van der Waals surface area contributed by atoms with Gasteiger partial charge in [-0.15, -0.1) is 0 Å². The zero-order chi connectivity index (χ0) is 8.15. The van der Waals surface area contributed by atoms with Crippen LogP contribution in [-0.2, 0) is 14.3 Å². The highest BCUT2D eigenvalue weighted by Crippen LogP contribution is 1.91. The van der Waals surface area contributed by atoms with Crippen molar-refractivity contribution in [2.45, 2.75) is 12.5 Å². The third-order valence-electron chi connectivity index (χ3n) is 0.860. The predicted molar refractivity (Wildman–Crippen MR) is 27.6 cm³/mol. The van der Waals surface area contributed by atoms with Crippen LogP contribution in [0.25, 0.3) is 0 Å². The fourth-order valence-corrected chi connectivity index (χ4v) is 0.325. The molecule has 0 aromatic heterocycles. The molecule has 1 N–H and O–H groups in total. The summed E-state index contributed by atoms with van der Waals surface area (Å²) in [7, 11) is 1.10. The number of carbonyl (C=O) groups excluding carboxylic acids is 2. The van der Waals surface area contributed by atoms with E-state index >= 15 is 0 Å². The number of carboxylic acids is 1. The van der Waals surface area contributed by atoms with Gasteiger partial charge in [0.2, 0.25) is 0 Å². The molecule has 0 bridgehead atoms. The van der Waals surface area contributed by atoms with Crippen molar-refractivity contribution in [2.24, 2.45) is 0 Å². The molecule has 0 rings (SSSR count). The van der Waals surface area contributed by atoms with Crippen molar-refractivity contribution in [3.63, 3.8) is 0 Å². The molecule has 0 saturated heterocycles. The first-order valence-corrected chi connectivity index (χ1v) is 2.53. The number of aliphatic hydroxyl groups is 1. The van der Waals surface area contributed by atoms with E-state index in [0.29, 0.717) is 0 Å². The van der Waals surface area contributed by atoms with Crippen LogP contribution in [0.1, 0.15) is 6.42 Å². The predicted octanol–water partition coefficient (Wildman–Crippen LogP) is -2.34. The lowest BCUT2D eigenvalue weighted by molar-refractivity contribution is -0.315. The highest BCUT2D eigenvalue weighted by Gasteiger charge is 2.10. The Labute approximate surface area is 57.2 Å². The van der Waals surface area contributed by atoms with Gasteiger partial charge in [-0.05, 0) is 0 Å². The molecule has 0 amide bonds. The first kappa shape index (κ1) is 8.90. The number of hydrogen-bond acceptors (Lipinski definition) is 5. The SMILES string of the molecule is COC(=O)CC(O)C(=O)[O-]. The van der Waals surface area contributed by atoms with Gasteiger partial charge < -0.3 is 19.7 Å². The van der Waals surface area contributed by atoms with Crippen molar-refractivity contribution < 1.29 is 24.5 Å². The van der Waals surface area contributed by atoms with Crippen molar-refractivity contribution >= 4 is 11.9 Å². The van der Waals surface area contributed by atoms with E-state index in [1.165, 1.54) is 0 Å². The first-order chi connectivity index (χ1) is 4.57. The largest absolute Gasteiger partial charge is 0.547 e. The number of ether oxygens (including phenoxy) is 1. The Morgan fingerprint density at radius 3 is 2.50 bits per heavy atom. The van der Waals surface area contributed by atoms with Crippen molar-refractivity contribution in [3.05, 3.63) is 0 Å². The van der Waals surface area contributed by atoms with Crippen LogP contribution in [0.2, 0.25) is 0 Å². The van der Waals surface area contributed by atoms with Crippen LogP contribution in [0.4, 0.5) is 0 Å². The fourth-order valence-electron chi connectivity index (χ4n) is 0.325. The second kappa shape index (κ2) is 3.84. The van der Waals surface area contributed by atoms with E-state index in [2.05, 4.69) is 4.74 Å². The average Bonchev–Trinajstić information content (AvgIpc) is 1.87. The number of esters is 1. The Morgan fingerprint density at radius 1 is 1.70 bits per heavy atom. The monoisotopic (exact) mass is 147 g/mol. The van der Waals surface area contributed by atoms with Gasteiger partial charge >= 0.3 is 5.97 Å². The van der Waals surface area contributed by atoms with Crippen LogP contribution in [0.5, 0.6) is 0 Å². The third-order valence-corrected chi connectivity index (χ3v) is 0.860. The van der Waals surface area contributed by atoms with Gasteiger partial charge in [0.1, 0.15) is 6.10 Å². The minimum Gasteiger partial charge on any atom is -0.547 e. The number of rotatable bonds is 3. The van der Waals surface area contributed by atoms with Gasteiger partial charge in [-0.25, -0.2) is 0 Å². The van der Waals surface area contributed by atoms with E-state index in [1.54, 1.807) is 0 Å². The molecule has 0 spiro atoms. The van der Waals surface area contributed by atoms with Gasteiger partial charge in [0.05, 0.1) is 19.5 Å². The van der Waals surface area contributed by atoms with Gasteiger partial charge in [0, 0.05) is 0 Å².